The third-order valence-corrected chi connectivity index (χ3v) is 8.40. The first-order valence-electron chi connectivity index (χ1n) is 11.7. The maximum atomic E-state index is 13.2. The largest absolute Gasteiger partial charge is 0.378 e. The zero-order valence-electron chi connectivity index (χ0n) is 20.0. The Kier molecular flexibility index (Phi) is 5.64. The van der Waals surface area contributed by atoms with Crippen LogP contribution in [0.25, 0.3) is 0 Å². The lowest BCUT2D eigenvalue weighted by molar-refractivity contribution is 0.425. The van der Waals surface area contributed by atoms with E-state index in [2.05, 4.69) is 51.4 Å². The van der Waals surface area contributed by atoms with E-state index in [4.69, 9.17) is 0 Å². The third kappa shape index (κ3) is 4.07. The standard InChI is InChI=1S/C28H31N3O2S/c1-18-8-14-26(19(2)16-18)30-34(32,33)22-13-15-27-25(17-22)23-6-5-7-24(23)28(29-27)20-9-11-21(12-10-20)31(3)4/h5-6,8-17,23-24,28-30H,7H2,1-4H3. The van der Waals surface area contributed by atoms with Crippen molar-refractivity contribution < 1.29 is 8.42 Å². The SMILES string of the molecule is Cc1ccc(NS(=O)(=O)c2ccc3c(c2)C2C=CCC2C(c2ccc(N(C)C)cc2)N3)c(C)c1. The average molecular weight is 474 g/mol. The molecule has 0 radical (unpaired) electrons. The van der Waals surface area contributed by atoms with Crippen LogP contribution >= 0.6 is 0 Å². The number of hydrogen-bond acceptors (Lipinski definition) is 4. The van der Waals surface area contributed by atoms with Gasteiger partial charge < -0.3 is 10.2 Å². The van der Waals surface area contributed by atoms with E-state index in [9.17, 15) is 8.42 Å². The fraction of sp³-hybridized carbons (Fsp3) is 0.286. The van der Waals surface area contributed by atoms with Crippen LogP contribution in [0.4, 0.5) is 17.1 Å². The first-order valence-corrected chi connectivity index (χ1v) is 13.2. The molecule has 0 fully saturated rings. The number of rotatable bonds is 5. The number of nitrogens with zero attached hydrogens (tertiary/aromatic N) is 1. The Morgan fingerprint density at radius 2 is 1.74 bits per heavy atom. The van der Waals surface area contributed by atoms with Gasteiger partial charge in [-0.2, -0.15) is 0 Å². The number of allylic oxidation sites excluding steroid dienone is 2. The van der Waals surface area contributed by atoms with Gasteiger partial charge in [-0.15, -0.1) is 0 Å². The summed E-state index contributed by atoms with van der Waals surface area (Å²) < 4.78 is 29.2. The van der Waals surface area contributed by atoms with Gasteiger partial charge in [-0.3, -0.25) is 4.72 Å². The van der Waals surface area contributed by atoms with Crippen LogP contribution in [0.1, 0.15) is 40.6 Å². The predicted molar refractivity (Wildman–Crippen MR) is 140 cm³/mol. The van der Waals surface area contributed by atoms with Crippen molar-refractivity contribution in [2.45, 2.75) is 37.1 Å². The summed E-state index contributed by atoms with van der Waals surface area (Å²) in [5, 5.41) is 3.71. The van der Waals surface area contributed by atoms with Crippen molar-refractivity contribution in [2.24, 2.45) is 5.92 Å². The Bertz CT molecular complexity index is 1360. The summed E-state index contributed by atoms with van der Waals surface area (Å²) in [7, 11) is 0.391. The van der Waals surface area contributed by atoms with Crippen LogP contribution in [-0.4, -0.2) is 22.5 Å². The molecule has 0 amide bonds. The van der Waals surface area contributed by atoms with Crippen molar-refractivity contribution in [1.82, 2.24) is 0 Å². The highest BCUT2D eigenvalue weighted by Crippen LogP contribution is 2.50. The van der Waals surface area contributed by atoms with E-state index in [1.165, 1.54) is 11.3 Å². The first kappa shape index (κ1) is 22.5. The molecule has 0 saturated carbocycles. The second-order valence-corrected chi connectivity index (χ2v) is 11.3. The maximum absolute atomic E-state index is 13.2. The molecule has 1 heterocycles. The molecular formula is C28H31N3O2S. The number of fused-ring (bicyclic) bond motifs is 3. The van der Waals surface area contributed by atoms with Gasteiger partial charge in [0.25, 0.3) is 10.0 Å². The molecule has 0 bridgehead atoms. The molecular weight excluding hydrogens is 442 g/mol. The number of aryl methyl sites for hydroxylation is 2. The molecule has 176 valence electrons. The number of sulfonamides is 1. The van der Waals surface area contributed by atoms with Crippen molar-refractivity contribution >= 4 is 27.1 Å². The maximum Gasteiger partial charge on any atom is 0.261 e. The molecule has 3 aromatic rings. The monoisotopic (exact) mass is 473 g/mol. The van der Waals surface area contributed by atoms with Crippen LogP contribution in [0, 0.1) is 19.8 Å². The molecule has 5 nitrogen and oxygen atoms in total. The summed E-state index contributed by atoms with van der Waals surface area (Å²) >= 11 is 0. The number of benzene rings is 3. The van der Waals surface area contributed by atoms with E-state index < -0.39 is 10.0 Å². The van der Waals surface area contributed by atoms with Crippen LogP contribution in [-0.2, 0) is 10.0 Å². The quantitative estimate of drug-likeness (QED) is 0.447. The van der Waals surface area contributed by atoms with Crippen molar-refractivity contribution in [3.63, 3.8) is 0 Å². The van der Waals surface area contributed by atoms with Crippen molar-refractivity contribution in [2.75, 3.05) is 29.0 Å². The Hall–Kier alpha value is -3.25. The minimum atomic E-state index is -3.70. The van der Waals surface area contributed by atoms with E-state index in [1.807, 2.05) is 58.3 Å². The minimum absolute atomic E-state index is 0.180. The molecule has 1 aliphatic carbocycles. The molecule has 34 heavy (non-hydrogen) atoms. The van der Waals surface area contributed by atoms with Gasteiger partial charge >= 0.3 is 0 Å². The highest BCUT2D eigenvalue weighted by atomic mass is 32.2. The number of hydrogen-bond donors (Lipinski definition) is 2. The molecule has 6 heteroatoms. The highest BCUT2D eigenvalue weighted by Gasteiger charge is 2.38. The van der Waals surface area contributed by atoms with E-state index >= 15 is 0 Å². The Morgan fingerprint density at radius 3 is 2.44 bits per heavy atom. The average Bonchev–Trinajstić information content (AvgIpc) is 3.30. The van der Waals surface area contributed by atoms with E-state index in [0.29, 0.717) is 16.5 Å². The Labute approximate surface area is 202 Å². The Balaban J connectivity index is 1.46. The molecule has 5 rings (SSSR count). The molecule has 1 aliphatic heterocycles. The summed E-state index contributed by atoms with van der Waals surface area (Å²) in [6, 6.07) is 20.0. The molecule has 3 atom stereocenters. The van der Waals surface area contributed by atoms with Gasteiger partial charge in [-0.1, -0.05) is 42.0 Å². The Morgan fingerprint density at radius 1 is 0.971 bits per heavy atom. The molecule has 0 aromatic heterocycles. The van der Waals surface area contributed by atoms with E-state index in [0.717, 1.165) is 28.8 Å². The second-order valence-electron chi connectivity index (χ2n) is 9.63. The van der Waals surface area contributed by atoms with Gasteiger partial charge in [-0.05, 0) is 79.3 Å². The molecule has 2 aliphatic rings. The lowest BCUT2D eigenvalue weighted by atomic mass is 9.77. The van der Waals surface area contributed by atoms with E-state index in [1.54, 1.807) is 6.07 Å². The van der Waals surface area contributed by atoms with Gasteiger partial charge in [0.05, 0.1) is 16.6 Å². The summed E-state index contributed by atoms with van der Waals surface area (Å²) in [4.78, 5) is 2.39. The minimum Gasteiger partial charge on any atom is -0.378 e. The predicted octanol–water partition coefficient (Wildman–Crippen LogP) is 6.00. The van der Waals surface area contributed by atoms with E-state index in [-0.39, 0.29) is 12.0 Å². The smallest absolute Gasteiger partial charge is 0.261 e. The zero-order valence-corrected chi connectivity index (χ0v) is 20.9. The summed E-state index contributed by atoms with van der Waals surface area (Å²) in [5.74, 6) is 0.536. The van der Waals surface area contributed by atoms with Crippen LogP contribution < -0.4 is 14.9 Å². The van der Waals surface area contributed by atoms with Crippen LogP contribution in [0.5, 0.6) is 0 Å². The van der Waals surface area contributed by atoms with Gasteiger partial charge in [0, 0.05) is 31.4 Å². The summed E-state index contributed by atoms with van der Waals surface area (Å²) in [6.07, 6.45) is 5.43. The third-order valence-electron chi connectivity index (χ3n) is 7.04. The fourth-order valence-electron chi connectivity index (χ4n) is 5.18. The zero-order chi connectivity index (χ0) is 24.0. The van der Waals surface area contributed by atoms with Gasteiger partial charge in [0.2, 0.25) is 0 Å². The lowest BCUT2D eigenvalue weighted by Crippen LogP contribution is -2.29. The number of anilines is 3. The normalized spacial score (nSPS) is 20.9. The van der Waals surface area contributed by atoms with Crippen molar-refractivity contribution in [3.8, 4) is 0 Å². The topological polar surface area (TPSA) is 61.4 Å². The van der Waals surface area contributed by atoms with Crippen molar-refractivity contribution in [3.05, 3.63) is 95.1 Å². The molecule has 0 spiro atoms. The molecule has 2 N–H and O–H groups in total. The molecule has 0 saturated heterocycles. The fourth-order valence-corrected chi connectivity index (χ4v) is 6.35. The van der Waals surface area contributed by atoms with Gasteiger partial charge in [0.1, 0.15) is 0 Å². The second kappa shape index (κ2) is 8.51. The van der Waals surface area contributed by atoms with Gasteiger partial charge in [-0.25, -0.2) is 8.42 Å². The van der Waals surface area contributed by atoms with Gasteiger partial charge in [0.15, 0.2) is 0 Å². The summed E-state index contributed by atoms with van der Waals surface area (Å²) in [6.45, 7) is 3.91. The highest BCUT2D eigenvalue weighted by molar-refractivity contribution is 7.92. The summed E-state index contributed by atoms with van der Waals surface area (Å²) in [5.41, 5.74) is 7.09. The van der Waals surface area contributed by atoms with Crippen LogP contribution in [0.3, 0.4) is 0 Å². The first-order chi connectivity index (χ1) is 16.2. The van der Waals surface area contributed by atoms with Crippen LogP contribution in [0.2, 0.25) is 0 Å². The number of nitrogens with one attached hydrogen (secondary N) is 2. The van der Waals surface area contributed by atoms with Crippen LogP contribution in [0.15, 0.2) is 77.7 Å². The van der Waals surface area contributed by atoms with Crippen molar-refractivity contribution in [1.29, 1.82) is 0 Å². The molecule has 3 unspecified atom stereocenters. The molecule has 3 aromatic carbocycles. The lowest BCUT2D eigenvalue weighted by Gasteiger charge is -2.38.